The molecule has 2 heterocycles. The Hall–Kier alpha value is -2.67. The molecule has 5 nitrogen and oxygen atoms in total. The molecule has 0 aliphatic rings. The lowest BCUT2D eigenvalue weighted by molar-refractivity contribution is 0.102. The van der Waals surface area contributed by atoms with Crippen molar-refractivity contribution >= 4 is 22.6 Å². The summed E-state index contributed by atoms with van der Waals surface area (Å²) in [4.78, 5) is 20.3. The summed E-state index contributed by atoms with van der Waals surface area (Å²) in [7, 11) is 0. The van der Waals surface area contributed by atoms with E-state index >= 15 is 0 Å². The highest BCUT2D eigenvalue weighted by molar-refractivity contribution is 7.10. The molecule has 3 rings (SSSR count). The summed E-state index contributed by atoms with van der Waals surface area (Å²) in [6.45, 7) is 0. The highest BCUT2D eigenvalue weighted by atomic mass is 32.1. The first-order chi connectivity index (χ1) is 10.2. The Balaban J connectivity index is 1.77. The molecule has 0 aliphatic heterocycles. The van der Waals surface area contributed by atoms with Crippen molar-refractivity contribution in [1.29, 1.82) is 0 Å². The third-order valence-electron chi connectivity index (χ3n) is 2.63. The van der Waals surface area contributed by atoms with Crippen LogP contribution in [-0.2, 0) is 0 Å². The zero-order valence-corrected chi connectivity index (χ0v) is 11.5. The highest BCUT2D eigenvalue weighted by Gasteiger charge is 2.12. The molecule has 7 heteroatoms. The van der Waals surface area contributed by atoms with E-state index in [-0.39, 0.29) is 5.56 Å². The number of rotatable bonds is 3. The molecule has 0 atom stereocenters. The number of halogens is 1. The molecule has 1 aromatic carbocycles. The van der Waals surface area contributed by atoms with Crippen LogP contribution in [0.3, 0.4) is 0 Å². The second-order valence-corrected chi connectivity index (χ2v) is 4.85. The molecular formula is C14H9FN4OS. The second-order valence-electron chi connectivity index (χ2n) is 4.10. The van der Waals surface area contributed by atoms with E-state index in [2.05, 4.69) is 19.7 Å². The number of carbonyl (C=O) groups is 1. The number of nitrogens with one attached hydrogen (secondary N) is 1. The van der Waals surface area contributed by atoms with Gasteiger partial charge in [-0.05, 0) is 30.3 Å². The fraction of sp³-hybridized carbons (Fsp3) is 0. The first-order valence-electron chi connectivity index (χ1n) is 6.04. The van der Waals surface area contributed by atoms with E-state index < -0.39 is 11.7 Å². The van der Waals surface area contributed by atoms with Crippen molar-refractivity contribution in [3.63, 3.8) is 0 Å². The molecule has 0 saturated heterocycles. The van der Waals surface area contributed by atoms with Crippen molar-refractivity contribution in [3.05, 3.63) is 60.0 Å². The summed E-state index contributed by atoms with van der Waals surface area (Å²) < 4.78 is 17.2. The fourth-order valence-corrected chi connectivity index (χ4v) is 2.25. The van der Waals surface area contributed by atoms with Crippen LogP contribution in [0.25, 0.3) is 11.5 Å². The average Bonchev–Trinajstić information content (AvgIpc) is 2.97. The molecule has 21 heavy (non-hydrogen) atoms. The van der Waals surface area contributed by atoms with Gasteiger partial charge in [-0.25, -0.2) is 4.39 Å². The van der Waals surface area contributed by atoms with Crippen LogP contribution in [0, 0.1) is 5.82 Å². The molecule has 0 unspecified atom stereocenters. The van der Waals surface area contributed by atoms with Gasteiger partial charge in [0.25, 0.3) is 5.91 Å². The number of aromatic nitrogens is 3. The van der Waals surface area contributed by atoms with E-state index in [9.17, 15) is 9.18 Å². The topological polar surface area (TPSA) is 67.8 Å². The molecule has 1 amide bonds. The highest BCUT2D eigenvalue weighted by Crippen LogP contribution is 2.19. The Bertz CT molecular complexity index is 775. The minimum Gasteiger partial charge on any atom is -0.297 e. The fourth-order valence-electron chi connectivity index (χ4n) is 1.67. The van der Waals surface area contributed by atoms with Gasteiger partial charge in [0.2, 0.25) is 5.13 Å². The lowest BCUT2D eigenvalue weighted by Crippen LogP contribution is -2.11. The number of amides is 1. The maximum Gasteiger partial charge on any atom is 0.257 e. The smallest absolute Gasteiger partial charge is 0.257 e. The number of anilines is 1. The predicted octanol–water partition coefficient (Wildman–Crippen LogP) is 2.99. The van der Waals surface area contributed by atoms with Crippen molar-refractivity contribution in [1.82, 2.24) is 14.3 Å². The Morgan fingerprint density at radius 1 is 1.19 bits per heavy atom. The standard InChI is InChI=1S/C14H9FN4OS/c15-10-5-3-4-9(8-10)13(20)18-14-17-12(19-21-14)11-6-1-2-7-16-11/h1-8H,(H,17,18,19,20). The maximum atomic E-state index is 13.1. The van der Waals surface area contributed by atoms with Gasteiger partial charge >= 0.3 is 0 Å². The molecule has 1 N–H and O–H groups in total. The van der Waals surface area contributed by atoms with Crippen LogP contribution < -0.4 is 5.32 Å². The first-order valence-corrected chi connectivity index (χ1v) is 6.82. The van der Waals surface area contributed by atoms with Gasteiger partial charge in [0.05, 0.1) is 0 Å². The molecule has 0 bridgehead atoms. The zero-order chi connectivity index (χ0) is 14.7. The third kappa shape index (κ3) is 3.09. The largest absolute Gasteiger partial charge is 0.297 e. The molecule has 0 fully saturated rings. The summed E-state index contributed by atoms with van der Waals surface area (Å²) in [6.07, 6.45) is 1.64. The number of carbonyl (C=O) groups excluding carboxylic acids is 1. The number of benzene rings is 1. The lowest BCUT2D eigenvalue weighted by Gasteiger charge is -2.00. The lowest BCUT2D eigenvalue weighted by atomic mass is 10.2. The molecular weight excluding hydrogens is 291 g/mol. The van der Waals surface area contributed by atoms with E-state index in [1.165, 1.54) is 18.2 Å². The Morgan fingerprint density at radius 2 is 2.10 bits per heavy atom. The summed E-state index contributed by atoms with van der Waals surface area (Å²) in [6, 6.07) is 10.8. The molecule has 0 radical (unpaired) electrons. The van der Waals surface area contributed by atoms with Crippen LogP contribution in [0.5, 0.6) is 0 Å². The summed E-state index contributed by atoms with van der Waals surface area (Å²) in [5.41, 5.74) is 0.851. The van der Waals surface area contributed by atoms with Crippen LogP contribution in [0.15, 0.2) is 48.7 Å². The maximum absolute atomic E-state index is 13.1. The molecule has 2 aromatic heterocycles. The van der Waals surface area contributed by atoms with E-state index in [1.807, 2.05) is 6.07 Å². The zero-order valence-electron chi connectivity index (χ0n) is 10.7. The van der Waals surface area contributed by atoms with Crippen molar-refractivity contribution in [2.24, 2.45) is 0 Å². The summed E-state index contributed by atoms with van der Waals surface area (Å²) >= 11 is 1.04. The molecule has 104 valence electrons. The van der Waals surface area contributed by atoms with Gasteiger partial charge in [0.15, 0.2) is 5.82 Å². The van der Waals surface area contributed by atoms with E-state index in [1.54, 1.807) is 18.3 Å². The van der Waals surface area contributed by atoms with Gasteiger partial charge in [-0.15, -0.1) is 0 Å². The quantitative estimate of drug-likeness (QED) is 0.807. The van der Waals surface area contributed by atoms with Gasteiger partial charge in [-0.3, -0.25) is 15.1 Å². The molecule has 0 saturated carbocycles. The summed E-state index contributed by atoms with van der Waals surface area (Å²) in [5.74, 6) is -0.456. The molecule has 0 aliphatic carbocycles. The average molecular weight is 300 g/mol. The van der Waals surface area contributed by atoms with Crippen molar-refractivity contribution < 1.29 is 9.18 Å². The Kier molecular flexibility index (Phi) is 3.65. The van der Waals surface area contributed by atoms with Crippen LogP contribution in [-0.4, -0.2) is 20.2 Å². The first kappa shape index (κ1) is 13.3. The van der Waals surface area contributed by atoms with Crippen LogP contribution >= 0.6 is 11.5 Å². The molecule has 0 spiro atoms. The second kappa shape index (κ2) is 5.76. The van der Waals surface area contributed by atoms with Gasteiger partial charge in [0.1, 0.15) is 11.5 Å². The minimum atomic E-state index is -0.464. The van der Waals surface area contributed by atoms with Crippen LogP contribution in [0.4, 0.5) is 9.52 Å². The Labute approximate surface area is 123 Å². The predicted molar refractivity (Wildman–Crippen MR) is 77.5 cm³/mol. The Morgan fingerprint density at radius 3 is 2.86 bits per heavy atom. The van der Waals surface area contributed by atoms with Crippen LogP contribution in [0.2, 0.25) is 0 Å². The SMILES string of the molecule is O=C(Nc1nc(-c2ccccn2)ns1)c1cccc(F)c1. The van der Waals surface area contributed by atoms with Gasteiger partial charge in [-0.1, -0.05) is 12.1 Å². The van der Waals surface area contributed by atoms with E-state index in [0.29, 0.717) is 16.6 Å². The van der Waals surface area contributed by atoms with Crippen molar-refractivity contribution in [2.75, 3.05) is 5.32 Å². The number of pyridine rings is 1. The minimum absolute atomic E-state index is 0.226. The third-order valence-corrected chi connectivity index (χ3v) is 3.26. The van der Waals surface area contributed by atoms with Gasteiger partial charge in [0, 0.05) is 23.3 Å². The van der Waals surface area contributed by atoms with Gasteiger partial charge < -0.3 is 0 Å². The van der Waals surface area contributed by atoms with Crippen molar-refractivity contribution in [3.8, 4) is 11.5 Å². The van der Waals surface area contributed by atoms with Crippen LogP contribution in [0.1, 0.15) is 10.4 Å². The van der Waals surface area contributed by atoms with E-state index in [0.717, 1.165) is 17.6 Å². The monoisotopic (exact) mass is 300 g/mol. The number of hydrogen-bond acceptors (Lipinski definition) is 5. The number of nitrogens with zero attached hydrogens (tertiary/aromatic N) is 3. The molecule has 3 aromatic rings. The summed E-state index contributed by atoms with van der Waals surface area (Å²) in [5, 5.41) is 2.92. The normalized spacial score (nSPS) is 10.3. The van der Waals surface area contributed by atoms with E-state index in [4.69, 9.17) is 0 Å². The van der Waals surface area contributed by atoms with Crippen molar-refractivity contribution in [2.45, 2.75) is 0 Å². The number of hydrogen-bond donors (Lipinski definition) is 1. The van der Waals surface area contributed by atoms with Gasteiger partial charge in [-0.2, -0.15) is 9.36 Å².